The quantitative estimate of drug-likeness (QED) is 0.259. The zero-order valence-electron chi connectivity index (χ0n) is 21.1. The van der Waals surface area contributed by atoms with E-state index in [1.165, 1.54) is 49.6 Å². The summed E-state index contributed by atoms with van der Waals surface area (Å²) in [5.74, 6) is 0.164. The number of thiazole rings is 1. The lowest BCUT2D eigenvalue weighted by atomic mass is 9.94. The number of pyridine rings is 1. The number of nitrogens with one attached hydrogen (secondary N) is 2. The van der Waals surface area contributed by atoms with Crippen molar-refractivity contribution in [1.82, 2.24) is 14.9 Å². The van der Waals surface area contributed by atoms with Gasteiger partial charge in [0.2, 0.25) is 0 Å². The average molecular weight is 596 g/mol. The third-order valence-corrected chi connectivity index (χ3v) is 9.66. The van der Waals surface area contributed by atoms with Crippen LogP contribution in [0.4, 0.5) is 16.0 Å². The molecule has 1 saturated carbocycles. The van der Waals surface area contributed by atoms with E-state index in [0.717, 1.165) is 47.8 Å². The molecule has 4 heterocycles. The van der Waals surface area contributed by atoms with Gasteiger partial charge in [0.25, 0.3) is 5.91 Å². The van der Waals surface area contributed by atoms with Crippen LogP contribution in [-0.4, -0.2) is 71.3 Å². The van der Waals surface area contributed by atoms with Crippen molar-refractivity contribution >= 4 is 67.7 Å². The first-order valence-corrected chi connectivity index (χ1v) is 15.5. The van der Waals surface area contributed by atoms with Gasteiger partial charge in [-0.3, -0.25) is 15.0 Å². The fourth-order valence-corrected chi connectivity index (χ4v) is 7.45. The molecule has 12 heteroatoms. The first-order chi connectivity index (χ1) is 18.5. The van der Waals surface area contributed by atoms with E-state index in [-0.39, 0.29) is 12.5 Å². The standard InChI is InChI=1S/C26H32Cl2N6O2S2/c27-18-14-21(37-16-18)22-25(34-10-8-33(9-11-34)19-5-2-1-3-6-19)38-26(31-22)32-24(36)17-13-20(28)23(30-15-17)29-7-4-12-35/h13-16,19,35H,1-12H2,(H,29,30)(H,31,32,36). The molecule has 0 spiro atoms. The molecule has 1 aliphatic carbocycles. The summed E-state index contributed by atoms with van der Waals surface area (Å²) >= 11 is 15.6. The molecular weight excluding hydrogens is 563 g/mol. The van der Waals surface area contributed by atoms with E-state index >= 15 is 0 Å². The predicted molar refractivity (Wildman–Crippen MR) is 158 cm³/mol. The van der Waals surface area contributed by atoms with E-state index < -0.39 is 0 Å². The van der Waals surface area contributed by atoms with Gasteiger partial charge < -0.3 is 15.3 Å². The van der Waals surface area contributed by atoms with Gasteiger partial charge in [0, 0.05) is 56.9 Å². The largest absolute Gasteiger partial charge is 0.396 e. The lowest BCUT2D eigenvalue weighted by molar-refractivity contribution is 0.102. The van der Waals surface area contributed by atoms with Crippen LogP contribution in [0.5, 0.6) is 0 Å². The third kappa shape index (κ3) is 6.60. The van der Waals surface area contributed by atoms with Crippen molar-refractivity contribution in [3.05, 3.63) is 39.3 Å². The number of aromatic nitrogens is 2. The summed E-state index contributed by atoms with van der Waals surface area (Å²) < 4.78 is 0. The van der Waals surface area contributed by atoms with Crippen LogP contribution in [-0.2, 0) is 0 Å². The molecule has 2 aliphatic rings. The number of amides is 1. The second kappa shape index (κ2) is 12.9. The summed E-state index contributed by atoms with van der Waals surface area (Å²) in [6, 6.07) is 4.24. The minimum absolute atomic E-state index is 0.0801. The molecule has 0 bridgehead atoms. The second-order valence-electron chi connectivity index (χ2n) is 9.63. The number of carbonyl (C=O) groups is 1. The highest BCUT2D eigenvalue weighted by molar-refractivity contribution is 7.21. The van der Waals surface area contributed by atoms with Gasteiger partial charge in [0.05, 0.1) is 20.5 Å². The van der Waals surface area contributed by atoms with Crippen LogP contribution in [0.1, 0.15) is 48.9 Å². The highest BCUT2D eigenvalue weighted by Crippen LogP contribution is 2.42. The van der Waals surface area contributed by atoms with Gasteiger partial charge in [-0.2, -0.15) is 0 Å². The third-order valence-electron chi connectivity index (χ3n) is 7.05. The van der Waals surface area contributed by atoms with Gasteiger partial charge in [0.1, 0.15) is 16.5 Å². The zero-order chi connectivity index (χ0) is 26.5. The summed E-state index contributed by atoms with van der Waals surface area (Å²) in [6.07, 6.45) is 8.75. The van der Waals surface area contributed by atoms with Gasteiger partial charge in [-0.25, -0.2) is 9.97 Å². The highest BCUT2D eigenvalue weighted by atomic mass is 35.5. The van der Waals surface area contributed by atoms with E-state index in [9.17, 15) is 4.79 Å². The monoisotopic (exact) mass is 594 g/mol. The summed E-state index contributed by atoms with van der Waals surface area (Å²) in [5, 5.41) is 19.5. The second-order valence-corrected chi connectivity index (χ2v) is 12.4. The van der Waals surface area contributed by atoms with Crippen molar-refractivity contribution in [2.24, 2.45) is 0 Å². The Balaban J connectivity index is 1.31. The Labute approximate surface area is 241 Å². The minimum atomic E-state index is -0.320. The first kappa shape index (κ1) is 27.6. The first-order valence-electron chi connectivity index (χ1n) is 13.1. The lowest BCUT2D eigenvalue weighted by Gasteiger charge is -2.41. The molecule has 1 saturated heterocycles. The Morgan fingerprint density at radius 1 is 1.13 bits per heavy atom. The van der Waals surface area contributed by atoms with Crippen molar-refractivity contribution in [1.29, 1.82) is 0 Å². The van der Waals surface area contributed by atoms with E-state index in [2.05, 4.69) is 25.4 Å². The van der Waals surface area contributed by atoms with E-state index in [4.69, 9.17) is 33.3 Å². The topological polar surface area (TPSA) is 93.6 Å². The number of halogens is 2. The van der Waals surface area contributed by atoms with E-state index in [0.29, 0.717) is 39.5 Å². The molecule has 1 aliphatic heterocycles. The molecule has 0 aromatic carbocycles. The minimum Gasteiger partial charge on any atom is -0.396 e. The summed E-state index contributed by atoms with van der Waals surface area (Å²) in [6.45, 7) is 4.57. The summed E-state index contributed by atoms with van der Waals surface area (Å²) in [5.41, 5.74) is 1.20. The number of hydrogen-bond acceptors (Lipinski definition) is 9. The number of nitrogens with zero attached hydrogens (tertiary/aromatic N) is 4. The molecule has 0 unspecified atom stereocenters. The van der Waals surface area contributed by atoms with Crippen LogP contribution in [0, 0.1) is 0 Å². The molecular formula is C26H32Cl2N6O2S2. The highest BCUT2D eigenvalue weighted by Gasteiger charge is 2.28. The molecule has 8 nitrogen and oxygen atoms in total. The molecule has 5 rings (SSSR count). The van der Waals surface area contributed by atoms with Crippen molar-refractivity contribution in [3.8, 4) is 10.6 Å². The van der Waals surface area contributed by atoms with Gasteiger partial charge in [-0.15, -0.1) is 11.3 Å². The number of rotatable bonds is 9. The number of aliphatic hydroxyl groups is 1. The molecule has 204 valence electrons. The van der Waals surface area contributed by atoms with Crippen LogP contribution in [0.3, 0.4) is 0 Å². The van der Waals surface area contributed by atoms with Gasteiger partial charge in [0.15, 0.2) is 5.13 Å². The van der Waals surface area contributed by atoms with Crippen LogP contribution in [0.15, 0.2) is 23.7 Å². The number of aliphatic hydroxyl groups excluding tert-OH is 1. The molecule has 38 heavy (non-hydrogen) atoms. The molecule has 3 N–H and O–H groups in total. The van der Waals surface area contributed by atoms with Crippen LogP contribution < -0.4 is 15.5 Å². The number of anilines is 3. The summed E-state index contributed by atoms with van der Waals surface area (Å²) in [7, 11) is 0. The zero-order valence-corrected chi connectivity index (χ0v) is 24.2. The average Bonchev–Trinajstić information content (AvgIpc) is 3.56. The predicted octanol–water partition coefficient (Wildman–Crippen LogP) is 6.07. The Hall–Kier alpha value is -1.95. The molecule has 1 amide bonds. The van der Waals surface area contributed by atoms with Crippen molar-refractivity contribution in [2.45, 2.75) is 44.6 Å². The Kier molecular flexibility index (Phi) is 9.40. The van der Waals surface area contributed by atoms with Crippen LogP contribution in [0.25, 0.3) is 10.6 Å². The van der Waals surface area contributed by atoms with Crippen molar-refractivity contribution in [3.63, 3.8) is 0 Å². The lowest BCUT2D eigenvalue weighted by Crippen LogP contribution is -2.50. The maximum absolute atomic E-state index is 13.1. The normalized spacial score (nSPS) is 17.1. The van der Waals surface area contributed by atoms with Gasteiger partial charge in [-0.05, 0) is 31.4 Å². The van der Waals surface area contributed by atoms with Gasteiger partial charge in [-0.1, -0.05) is 53.8 Å². The molecule has 0 atom stereocenters. The Bertz CT molecular complexity index is 1240. The molecule has 2 fully saturated rings. The summed E-state index contributed by atoms with van der Waals surface area (Å²) in [4.78, 5) is 28.2. The number of piperazine rings is 1. The molecule has 3 aromatic rings. The fraction of sp³-hybridized carbons (Fsp3) is 0.500. The van der Waals surface area contributed by atoms with Crippen molar-refractivity contribution < 1.29 is 9.90 Å². The molecule has 0 radical (unpaired) electrons. The van der Waals surface area contributed by atoms with Crippen LogP contribution in [0.2, 0.25) is 10.0 Å². The van der Waals surface area contributed by atoms with E-state index in [1.54, 1.807) is 17.4 Å². The maximum Gasteiger partial charge on any atom is 0.259 e. The smallest absolute Gasteiger partial charge is 0.259 e. The Morgan fingerprint density at radius 3 is 2.61 bits per heavy atom. The maximum atomic E-state index is 13.1. The number of hydrogen-bond donors (Lipinski definition) is 3. The Morgan fingerprint density at radius 2 is 1.92 bits per heavy atom. The van der Waals surface area contributed by atoms with Crippen molar-refractivity contribution in [2.75, 3.05) is 54.9 Å². The number of thiophene rings is 1. The SMILES string of the molecule is O=C(Nc1nc(-c2cc(Cl)cs2)c(N2CCN(C3CCCCC3)CC2)s1)c1cnc(NCCCO)c(Cl)c1. The van der Waals surface area contributed by atoms with Crippen LogP contribution >= 0.6 is 45.9 Å². The van der Waals surface area contributed by atoms with Gasteiger partial charge >= 0.3 is 0 Å². The molecule has 3 aromatic heterocycles. The fourth-order valence-electron chi connectivity index (χ4n) is 5.06. The van der Waals surface area contributed by atoms with E-state index in [1.807, 2.05) is 11.4 Å². The number of carbonyl (C=O) groups excluding carboxylic acids is 1.